The predicted octanol–water partition coefficient (Wildman–Crippen LogP) is 3.53. The number of alkyl halides is 3. The van der Waals surface area contributed by atoms with Gasteiger partial charge < -0.3 is 10.5 Å². The molecule has 2 N–H and O–H groups in total. The van der Waals surface area contributed by atoms with Crippen molar-refractivity contribution < 1.29 is 17.9 Å². The van der Waals surface area contributed by atoms with Gasteiger partial charge in [-0.25, -0.2) is 4.98 Å². The third kappa shape index (κ3) is 3.24. The number of nitrogens with two attached hydrogens (primary N) is 1. The third-order valence-electron chi connectivity index (χ3n) is 2.41. The van der Waals surface area contributed by atoms with Crippen LogP contribution in [-0.4, -0.2) is 9.97 Å². The molecule has 0 atom stereocenters. The van der Waals surface area contributed by atoms with E-state index in [-0.39, 0.29) is 16.6 Å². The molecule has 7 heteroatoms. The lowest BCUT2D eigenvalue weighted by Crippen LogP contribution is -2.11. The first-order chi connectivity index (χ1) is 9.38. The highest BCUT2D eigenvalue weighted by Gasteiger charge is 2.30. The maximum Gasteiger partial charge on any atom is 0.416 e. The molecule has 3 nitrogen and oxygen atoms in total. The molecule has 0 spiro atoms. The molecule has 0 saturated carbocycles. The molecular formula is C13H9F3N2OS. The Kier molecular flexibility index (Phi) is 3.89. The number of ether oxygens (including phenoxy) is 1. The first-order valence-corrected chi connectivity index (χ1v) is 5.88. The van der Waals surface area contributed by atoms with Gasteiger partial charge in [0.05, 0.1) is 11.1 Å². The highest BCUT2D eigenvalue weighted by atomic mass is 32.1. The van der Waals surface area contributed by atoms with Crippen molar-refractivity contribution in [1.29, 1.82) is 0 Å². The fraction of sp³-hybridized carbons (Fsp3) is 0.0769. The van der Waals surface area contributed by atoms with Crippen LogP contribution < -0.4 is 10.5 Å². The third-order valence-corrected chi connectivity index (χ3v) is 2.63. The summed E-state index contributed by atoms with van der Waals surface area (Å²) in [5.41, 5.74) is 5.06. The second-order valence-electron chi connectivity index (χ2n) is 3.85. The van der Waals surface area contributed by atoms with Gasteiger partial charge in [-0.15, -0.1) is 0 Å². The van der Waals surface area contributed by atoms with Crippen molar-refractivity contribution in [2.45, 2.75) is 6.18 Å². The van der Waals surface area contributed by atoms with E-state index in [9.17, 15) is 13.2 Å². The maximum atomic E-state index is 12.6. The largest absolute Gasteiger partial charge is 0.438 e. The standard InChI is InChI=1S/C13H9F3N2OS/c14-13(15,16)8-3-1-4-9(7-8)19-12-10(11(17)20)5-2-6-18-12/h1-7H,(H2,17,20). The average Bonchev–Trinajstić information content (AvgIpc) is 2.38. The monoisotopic (exact) mass is 298 g/mol. The number of aromatic nitrogens is 1. The molecule has 2 aromatic rings. The zero-order chi connectivity index (χ0) is 14.8. The molecule has 20 heavy (non-hydrogen) atoms. The number of rotatable bonds is 3. The highest BCUT2D eigenvalue weighted by Crippen LogP contribution is 2.32. The Morgan fingerprint density at radius 3 is 2.60 bits per heavy atom. The zero-order valence-electron chi connectivity index (χ0n) is 10.0. The van der Waals surface area contributed by atoms with Gasteiger partial charge in [0.2, 0.25) is 5.88 Å². The summed E-state index contributed by atoms with van der Waals surface area (Å²) >= 11 is 4.83. The van der Waals surface area contributed by atoms with Crippen molar-refractivity contribution in [2.24, 2.45) is 5.73 Å². The minimum atomic E-state index is -4.44. The summed E-state index contributed by atoms with van der Waals surface area (Å²) in [6, 6.07) is 7.68. The van der Waals surface area contributed by atoms with Crippen LogP contribution >= 0.6 is 12.2 Å². The van der Waals surface area contributed by atoms with E-state index in [4.69, 9.17) is 22.7 Å². The number of pyridine rings is 1. The summed E-state index contributed by atoms with van der Waals surface area (Å²) in [6.45, 7) is 0. The van der Waals surface area contributed by atoms with Crippen molar-refractivity contribution in [3.63, 3.8) is 0 Å². The molecule has 104 valence electrons. The van der Waals surface area contributed by atoms with Crippen LogP contribution in [0, 0.1) is 0 Å². The molecular weight excluding hydrogens is 289 g/mol. The van der Waals surface area contributed by atoms with Gasteiger partial charge in [-0.3, -0.25) is 0 Å². The van der Waals surface area contributed by atoms with Crippen LogP contribution in [-0.2, 0) is 6.18 Å². The number of nitrogens with zero attached hydrogens (tertiary/aromatic N) is 1. The molecule has 0 aliphatic rings. The lowest BCUT2D eigenvalue weighted by atomic mass is 10.2. The van der Waals surface area contributed by atoms with Crippen LogP contribution in [0.15, 0.2) is 42.6 Å². The van der Waals surface area contributed by atoms with Crippen LogP contribution in [0.4, 0.5) is 13.2 Å². The first-order valence-electron chi connectivity index (χ1n) is 5.48. The SMILES string of the molecule is NC(=S)c1cccnc1Oc1cccc(C(F)(F)F)c1. The van der Waals surface area contributed by atoms with Crippen LogP contribution in [0.2, 0.25) is 0 Å². The van der Waals surface area contributed by atoms with Crippen molar-refractivity contribution in [2.75, 3.05) is 0 Å². The van der Waals surface area contributed by atoms with Gasteiger partial charge in [0.1, 0.15) is 10.7 Å². The van der Waals surface area contributed by atoms with Gasteiger partial charge in [0, 0.05) is 6.20 Å². The lowest BCUT2D eigenvalue weighted by molar-refractivity contribution is -0.137. The van der Waals surface area contributed by atoms with E-state index in [2.05, 4.69) is 4.98 Å². The summed E-state index contributed by atoms with van der Waals surface area (Å²) in [5, 5.41) is 0. The van der Waals surface area contributed by atoms with E-state index in [0.717, 1.165) is 12.1 Å². The topological polar surface area (TPSA) is 48.1 Å². The summed E-state index contributed by atoms with van der Waals surface area (Å²) in [4.78, 5) is 3.97. The molecule has 0 aliphatic heterocycles. The van der Waals surface area contributed by atoms with Gasteiger partial charge >= 0.3 is 6.18 Å². The minimum Gasteiger partial charge on any atom is -0.438 e. The quantitative estimate of drug-likeness (QED) is 0.881. The minimum absolute atomic E-state index is 0.0102. The van der Waals surface area contributed by atoms with Crippen molar-refractivity contribution >= 4 is 17.2 Å². The second-order valence-corrected chi connectivity index (χ2v) is 4.29. The predicted molar refractivity (Wildman–Crippen MR) is 71.6 cm³/mol. The zero-order valence-corrected chi connectivity index (χ0v) is 10.8. The Morgan fingerprint density at radius 2 is 1.95 bits per heavy atom. The van der Waals surface area contributed by atoms with Crippen molar-refractivity contribution in [3.05, 3.63) is 53.7 Å². The molecule has 0 amide bonds. The Morgan fingerprint density at radius 1 is 1.20 bits per heavy atom. The number of benzene rings is 1. The first kappa shape index (κ1) is 14.3. The number of thiocarbonyl (C=S) groups is 1. The molecule has 1 heterocycles. The number of halogens is 3. The Balaban J connectivity index is 2.34. The van der Waals surface area contributed by atoms with E-state index in [1.165, 1.54) is 18.3 Å². The Labute approximate surface area is 118 Å². The number of hydrogen-bond donors (Lipinski definition) is 1. The molecule has 0 saturated heterocycles. The second kappa shape index (κ2) is 5.46. The Hall–Kier alpha value is -2.15. The highest BCUT2D eigenvalue weighted by molar-refractivity contribution is 7.80. The summed E-state index contributed by atoms with van der Waals surface area (Å²) < 4.78 is 43.1. The molecule has 1 aromatic carbocycles. The fourth-order valence-corrected chi connectivity index (χ4v) is 1.66. The molecule has 0 aliphatic carbocycles. The van der Waals surface area contributed by atoms with Gasteiger partial charge in [-0.1, -0.05) is 18.3 Å². The lowest BCUT2D eigenvalue weighted by Gasteiger charge is -2.11. The van der Waals surface area contributed by atoms with E-state index in [1.807, 2.05) is 0 Å². The van der Waals surface area contributed by atoms with Crippen molar-refractivity contribution in [1.82, 2.24) is 4.98 Å². The fourth-order valence-electron chi connectivity index (χ4n) is 1.51. The molecule has 0 unspecified atom stereocenters. The maximum absolute atomic E-state index is 12.6. The van der Waals surface area contributed by atoms with E-state index < -0.39 is 11.7 Å². The molecule has 0 radical (unpaired) electrons. The smallest absolute Gasteiger partial charge is 0.416 e. The number of hydrogen-bond acceptors (Lipinski definition) is 3. The average molecular weight is 298 g/mol. The van der Waals surface area contributed by atoms with Crippen LogP contribution in [0.25, 0.3) is 0 Å². The van der Waals surface area contributed by atoms with Crippen LogP contribution in [0.1, 0.15) is 11.1 Å². The van der Waals surface area contributed by atoms with Gasteiger partial charge in [-0.05, 0) is 30.3 Å². The summed E-state index contributed by atoms with van der Waals surface area (Å²) in [7, 11) is 0. The molecule has 0 bridgehead atoms. The van der Waals surface area contributed by atoms with E-state index in [1.54, 1.807) is 12.1 Å². The van der Waals surface area contributed by atoms with E-state index >= 15 is 0 Å². The van der Waals surface area contributed by atoms with Gasteiger partial charge in [0.15, 0.2) is 0 Å². The molecule has 1 aromatic heterocycles. The summed E-state index contributed by atoms with van der Waals surface area (Å²) in [6.07, 6.45) is -3.00. The van der Waals surface area contributed by atoms with Crippen LogP contribution in [0.5, 0.6) is 11.6 Å². The molecule has 2 rings (SSSR count). The van der Waals surface area contributed by atoms with Gasteiger partial charge in [0.25, 0.3) is 0 Å². The van der Waals surface area contributed by atoms with Crippen molar-refractivity contribution in [3.8, 4) is 11.6 Å². The normalized spacial score (nSPS) is 11.2. The van der Waals surface area contributed by atoms with Crippen LogP contribution in [0.3, 0.4) is 0 Å². The molecule has 0 fully saturated rings. The Bertz CT molecular complexity index is 644. The van der Waals surface area contributed by atoms with E-state index in [0.29, 0.717) is 5.56 Å². The summed E-state index contributed by atoms with van der Waals surface area (Å²) in [5.74, 6) is 0.0790. The van der Waals surface area contributed by atoms with Gasteiger partial charge in [-0.2, -0.15) is 13.2 Å².